The second-order valence-electron chi connectivity index (χ2n) is 3.99. The lowest BCUT2D eigenvalue weighted by Gasteiger charge is -2.13. The Balaban J connectivity index is 2.44. The first-order chi connectivity index (χ1) is 8.99. The zero-order valence-electron chi connectivity index (χ0n) is 10.1. The monoisotopic (exact) mass is 295 g/mol. The predicted molar refractivity (Wildman–Crippen MR) is 78.6 cm³/mol. The highest BCUT2D eigenvalue weighted by molar-refractivity contribution is 7.80. The topological polar surface area (TPSA) is 35.2 Å². The number of thiocarbonyl (C=S) groups is 1. The van der Waals surface area contributed by atoms with Crippen molar-refractivity contribution < 1.29 is 9.13 Å². The average molecular weight is 296 g/mol. The minimum absolute atomic E-state index is 0.153. The number of benzene rings is 2. The van der Waals surface area contributed by atoms with E-state index in [1.54, 1.807) is 31.2 Å². The van der Waals surface area contributed by atoms with Crippen LogP contribution in [0.4, 0.5) is 4.39 Å². The van der Waals surface area contributed by atoms with Gasteiger partial charge in [0, 0.05) is 0 Å². The SMILES string of the molecule is Cc1cc(F)ccc1Oc1cccc(Cl)c1C(N)=S. The van der Waals surface area contributed by atoms with E-state index in [4.69, 9.17) is 34.3 Å². The van der Waals surface area contributed by atoms with Crippen LogP contribution in [-0.4, -0.2) is 4.99 Å². The number of hydrogen-bond acceptors (Lipinski definition) is 2. The number of rotatable bonds is 3. The summed E-state index contributed by atoms with van der Waals surface area (Å²) in [5.74, 6) is 0.668. The van der Waals surface area contributed by atoms with Crippen molar-refractivity contribution in [1.29, 1.82) is 0 Å². The fourth-order valence-corrected chi connectivity index (χ4v) is 2.21. The summed E-state index contributed by atoms with van der Waals surface area (Å²) >= 11 is 11.0. The maximum atomic E-state index is 13.0. The third kappa shape index (κ3) is 3.03. The second-order valence-corrected chi connectivity index (χ2v) is 4.84. The lowest BCUT2D eigenvalue weighted by atomic mass is 10.2. The van der Waals surface area contributed by atoms with Gasteiger partial charge in [0.15, 0.2) is 0 Å². The molecule has 2 aromatic carbocycles. The molecule has 2 nitrogen and oxygen atoms in total. The molecule has 0 aliphatic heterocycles. The summed E-state index contributed by atoms with van der Waals surface area (Å²) in [6.45, 7) is 1.75. The first-order valence-corrected chi connectivity index (χ1v) is 6.30. The van der Waals surface area contributed by atoms with E-state index in [1.165, 1.54) is 12.1 Å². The molecule has 0 bridgehead atoms. The van der Waals surface area contributed by atoms with Gasteiger partial charge in [0.2, 0.25) is 0 Å². The number of ether oxygens (including phenoxy) is 1. The molecule has 0 aliphatic carbocycles. The van der Waals surface area contributed by atoms with Gasteiger partial charge in [-0.1, -0.05) is 29.9 Å². The van der Waals surface area contributed by atoms with Crippen LogP contribution in [-0.2, 0) is 0 Å². The molecular weight excluding hydrogens is 285 g/mol. The van der Waals surface area contributed by atoms with Gasteiger partial charge >= 0.3 is 0 Å². The average Bonchev–Trinajstić information content (AvgIpc) is 2.32. The molecule has 2 N–H and O–H groups in total. The fourth-order valence-electron chi connectivity index (χ4n) is 1.67. The van der Waals surface area contributed by atoms with Crippen LogP contribution in [0.3, 0.4) is 0 Å². The van der Waals surface area contributed by atoms with Gasteiger partial charge in [-0.3, -0.25) is 0 Å². The smallest absolute Gasteiger partial charge is 0.139 e. The van der Waals surface area contributed by atoms with Crippen molar-refractivity contribution in [3.63, 3.8) is 0 Å². The molecular formula is C14H11ClFNOS. The van der Waals surface area contributed by atoms with Crippen molar-refractivity contribution in [3.05, 3.63) is 58.4 Å². The molecule has 0 fully saturated rings. The van der Waals surface area contributed by atoms with Gasteiger partial charge in [-0.2, -0.15) is 0 Å². The van der Waals surface area contributed by atoms with Crippen LogP contribution in [0, 0.1) is 12.7 Å². The normalized spacial score (nSPS) is 10.3. The summed E-state index contributed by atoms with van der Waals surface area (Å²) in [7, 11) is 0. The summed E-state index contributed by atoms with van der Waals surface area (Å²) < 4.78 is 18.8. The molecule has 0 saturated heterocycles. The van der Waals surface area contributed by atoms with Crippen LogP contribution in [0.5, 0.6) is 11.5 Å². The second kappa shape index (κ2) is 5.55. The molecule has 19 heavy (non-hydrogen) atoms. The van der Waals surface area contributed by atoms with Crippen LogP contribution in [0.2, 0.25) is 5.02 Å². The number of hydrogen-bond donors (Lipinski definition) is 1. The number of halogens is 2. The third-order valence-corrected chi connectivity index (χ3v) is 3.10. The molecule has 0 radical (unpaired) electrons. The molecule has 0 unspecified atom stereocenters. The first kappa shape index (κ1) is 13.8. The van der Waals surface area contributed by atoms with Crippen molar-refractivity contribution in [2.75, 3.05) is 0 Å². The highest BCUT2D eigenvalue weighted by atomic mass is 35.5. The van der Waals surface area contributed by atoms with Gasteiger partial charge in [0.1, 0.15) is 22.3 Å². The molecule has 0 aliphatic rings. The summed E-state index contributed by atoms with van der Waals surface area (Å²) in [4.78, 5) is 0.153. The Bertz CT molecular complexity index is 645. The van der Waals surface area contributed by atoms with E-state index in [-0.39, 0.29) is 10.8 Å². The summed E-state index contributed by atoms with van der Waals surface area (Å²) in [5.41, 5.74) is 6.79. The van der Waals surface area contributed by atoms with E-state index in [0.717, 1.165) is 0 Å². The quantitative estimate of drug-likeness (QED) is 0.861. The van der Waals surface area contributed by atoms with E-state index in [9.17, 15) is 4.39 Å². The van der Waals surface area contributed by atoms with Gasteiger partial charge in [-0.25, -0.2) is 4.39 Å². The Morgan fingerprint density at radius 3 is 2.63 bits per heavy atom. The van der Waals surface area contributed by atoms with Gasteiger partial charge in [-0.05, 0) is 42.8 Å². The summed E-state index contributed by atoms with van der Waals surface area (Å²) in [6.07, 6.45) is 0. The highest BCUT2D eigenvalue weighted by Gasteiger charge is 2.12. The van der Waals surface area contributed by atoms with Crippen molar-refractivity contribution in [1.82, 2.24) is 0 Å². The molecule has 0 aromatic heterocycles. The lowest BCUT2D eigenvalue weighted by Crippen LogP contribution is -2.11. The van der Waals surface area contributed by atoms with Crippen molar-refractivity contribution >= 4 is 28.8 Å². The zero-order valence-corrected chi connectivity index (χ0v) is 11.7. The lowest BCUT2D eigenvalue weighted by molar-refractivity contribution is 0.475. The number of nitrogens with two attached hydrogens (primary N) is 1. The standard InChI is InChI=1S/C14H11ClFNOS/c1-8-7-9(16)5-6-11(8)18-12-4-2-3-10(15)13(12)14(17)19/h2-7H,1H3,(H2,17,19). The molecule has 2 rings (SSSR count). The summed E-state index contributed by atoms with van der Waals surface area (Å²) in [5, 5.41) is 0.421. The van der Waals surface area contributed by atoms with Crippen LogP contribution in [0.25, 0.3) is 0 Å². The highest BCUT2D eigenvalue weighted by Crippen LogP contribution is 2.32. The third-order valence-electron chi connectivity index (χ3n) is 2.58. The maximum absolute atomic E-state index is 13.0. The molecule has 98 valence electrons. The van der Waals surface area contributed by atoms with E-state index in [2.05, 4.69) is 0 Å². The van der Waals surface area contributed by atoms with Gasteiger partial charge in [-0.15, -0.1) is 0 Å². The Kier molecular flexibility index (Phi) is 4.02. The molecule has 0 heterocycles. The van der Waals surface area contributed by atoms with Gasteiger partial charge in [0.25, 0.3) is 0 Å². The van der Waals surface area contributed by atoms with Crippen LogP contribution >= 0.6 is 23.8 Å². The maximum Gasteiger partial charge on any atom is 0.139 e. The van der Waals surface area contributed by atoms with Gasteiger partial charge < -0.3 is 10.5 Å². The first-order valence-electron chi connectivity index (χ1n) is 5.51. The molecule has 5 heteroatoms. The van der Waals surface area contributed by atoms with E-state index in [0.29, 0.717) is 27.6 Å². The molecule has 0 saturated carbocycles. The van der Waals surface area contributed by atoms with Crippen molar-refractivity contribution in [2.24, 2.45) is 5.73 Å². The van der Waals surface area contributed by atoms with Crippen LogP contribution < -0.4 is 10.5 Å². The predicted octanol–water partition coefficient (Wildman–Crippen LogP) is 4.21. The molecule has 0 spiro atoms. The Morgan fingerprint density at radius 1 is 1.26 bits per heavy atom. The summed E-state index contributed by atoms with van der Waals surface area (Å²) in [6, 6.07) is 9.39. The zero-order chi connectivity index (χ0) is 14.0. The van der Waals surface area contributed by atoms with Gasteiger partial charge in [0.05, 0.1) is 10.6 Å². The van der Waals surface area contributed by atoms with E-state index >= 15 is 0 Å². The largest absolute Gasteiger partial charge is 0.456 e. The van der Waals surface area contributed by atoms with Crippen LogP contribution in [0.15, 0.2) is 36.4 Å². The Morgan fingerprint density at radius 2 is 2.00 bits per heavy atom. The fraction of sp³-hybridized carbons (Fsp3) is 0.0714. The molecule has 2 aromatic rings. The minimum Gasteiger partial charge on any atom is -0.456 e. The molecule has 0 amide bonds. The number of aryl methyl sites for hydroxylation is 1. The Hall–Kier alpha value is -1.65. The van der Waals surface area contributed by atoms with Crippen molar-refractivity contribution in [2.45, 2.75) is 6.92 Å². The minimum atomic E-state index is -0.314. The van der Waals surface area contributed by atoms with Crippen molar-refractivity contribution in [3.8, 4) is 11.5 Å². The Labute approximate surface area is 120 Å². The van der Waals surface area contributed by atoms with Crippen LogP contribution in [0.1, 0.15) is 11.1 Å². The molecule has 0 atom stereocenters. The van der Waals surface area contributed by atoms with E-state index < -0.39 is 0 Å². The van der Waals surface area contributed by atoms with E-state index in [1.807, 2.05) is 0 Å².